The zero-order chi connectivity index (χ0) is 18.4. The maximum Gasteiger partial charge on any atom is 0.344 e. The van der Waals surface area contributed by atoms with Crippen molar-refractivity contribution in [1.29, 1.82) is 0 Å². The fourth-order valence-corrected chi connectivity index (χ4v) is 2.49. The van der Waals surface area contributed by atoms with E-state index in [0.717, 1.165) is 22.4 Å². The Morgan fingerprint density at radius 2 is 1.62 bits per heavy atom. The minimum atomic E-state index is -0.990. The van der Waals surface area contributed by atoms with Gasteiger partial charge in [-0.3, -0.25) is 0 Å². The van der Waals surface area contributed by atoms with Crippen LogP contribution in [-0.2, 0) is 11.4 Å². The molecule has 1 atom stereocenters. The van der Waals surface area contributed by atoms with Crippen LogP contribution in [-0.4, -0.2) is 17.2 Å². The molecule has 26 heavy (non-hydrogen) atoms. The van der Waals surface area contributed by atoms with Crippen molar-refractivity contribution in [3.63, 3.8) is 0 Å². The van der Waals surface area contributed by atoms with E-state index in [1.807, 2.05) is 72.8 Å². The maximum absolute atomic E-state index is 10.9. The highest BCUT2D eigenvalue weighted by molar-refractivity contribution is 5.72. The standard InChI is InChI=1S/C22H20O4/c1-16(22(23)24)26-21-9-5-8-19(14-21)18-10-12-20(13-11-18)25-15-17-6-3-2-4-7-17/h2-14,16H,15H2,1H3,(H,23,24). The van der Waals surface area contributed by atoms with Crippen LogP contribution in [0.1, 0.15) is 12.5 Å². The molecular formula is C22H20O4. The van der Waals surface area contributed by atoms with Gasteiger partial charge in [-0.25, -0.2) is 4.79 Å². The lowest BCUT2D eigenvalue weighted by Crippen LogP contribution is -2.22. The summed E-state index contributed by atoms with van der Waals surface area (Å²) in [6.07, 6.45) is -0.890. The number of ether oxygens (including phenoxy) is 2. The third-order valence-electron chi connectivity index (χ3n) is 3.93. The molecule has 1 unspecified atom stereocenters. The van der Waals surface area contributed by atoms with Gasteiger partial charge < -0.3 is 14.6 Å². The molecule has 0 aromatic heterocycles. The van der Waals surface area contributed by atoms with E-state index in [1.165, 1.54) is 6.92 Å². The summed E-state index contributed by atoms with van der Waals surface area (Å²) in [6.45, 7) is 2.03. The molecule has 3 aromatic carbocycles. The van der Waals surface area contributed by atoms with Crippen molar-refractivity contribution >= 4 is 5.97 Å². The van der Waals surface area contributed by atoms with Gasteiger partial charge in [-0.2, -0.15) is 0 Å². The Balaban J connectivity index is 1.67. The van der Waals surface area contributed by atoms with E-state index in [4.69, 9.17) is 14.6 Å². The van der Waals surface area contributed by atoms with E-state index in [2.05, 4.69) is 0 Å². The summed E-state index contributed by atoms with van der Waals surface area (Å²) in [4.78, 5) is 10.9. The predicted octanol–water partition coefficient (Wildman–Crippen LogP) is 4.78. The summed E-state index contributed by atoms with van der Waals surface area (Å²) < 4.78 is 11.2. The molecule has 0 bridgehead atoms. The van der Waals surface area contributed by atoms with Gasteiger partial charge in [-0.15, -0.1) is 0 Å². The van der Waals surface area contributed by atoms with Gasteiger partial charge in [0, 0.05) is 0 Å². The Hall–Kier alpha value is -3.27. The number of carboxylic acids is 1. The largest absolute Gasteiger partial charge is 0.489 e. The Labute approximate surface area is 152 Å². The van der Waals surface area contributed by atoms with Gasteiger partial charge in [0.25, 0.3) is 0 Å². The predicted molar refractivity (Wildman–Crippen MR) is 100 cm³/mol. The molecule has 0 saturated carbocycles. The smallest absolute Gasteiger partial charge is 0.344 e. The van der Waals surface area contributed by atoms with Gasteiger partial charge in [0.05, 0.1) is 0 Å². The van der Waals surface area contributed by atoms with E-state index >= 15 is 0 Å². The molecule has 0 aliphatic rings. The van der Waals surface area contributed by atoms with Gasteiger partial charge in [0.2, 0.25) is 0 Å². The zero-order valence-electron chi connectivity index (χ0n) is 14.5. The first-order valence-electron chi connectivity index (χ1n) is 8.38. The van der Waals surface area contributed by atoms with Crippen LogP contribution in [0.2, 0.25) is 0 Å². The molecule has 4 heteroatoms. The summed E-state index contributed by atoms with van der Waals surface area (Å²) in [5.41, 5.74) is 3.08. The number of carboxylic acid groups (broad SMARTS) is 1. The Kier molecular flexibility index (Phi) is 5.54. The van der Waals surface area contributed by atoms with Crippen LogP contribution in [0.3, 0.4) is 0 Å². The molecule has 0 aliphatic carbocycles. The number of hydrogen-bond donors (Lipinski definition) is 1. The van der Waals surface area contributed by atoms with E-state index < -0.39 is 12.1 Å². The molecule has 0 saturated heterocycles. The summed E-state index contributed by atoms with van der Waals surface area (Å²) in [5.74, 6) is 0.335. The second-order valence-corrected chi connectivity index (χ2v) is 5.92. The quantitative estimate of drug-likeness (QED) is 0.667. The van der Waals surface area contributed by atoms with Crippen molar-refractivity contribution in [3.05, 3.63) is 84.4 Å². The van der Waals surface area contributed by atoms with Crippen LogP contribution < -0.4 is 9.47 Å². The maximum atomic E-state index is 10.9. The fraction of sp³-hybridized carbons (Fsp3) is 0.136. The molecule has 3 aromatic rings. The van der Waals surface area contributed by atoms with Crippen LogP contribution in [0.15, 0.2) is 78.9 Å². The molecule has 0 spiro atoms. The number of aliphatic carboxylic acids is 1. The number of hydrogen-bond acceptors (Lipinski definition) is 3. The molecule has 0 amide bonds. The summed E-state index contributed by atoms with van der Waals surface area (Å²) in [6, 6.07) is 25.2. The van der Waals surface area contributed by atoms with Crippen LogP contribution in [0, 0.1) is 0 Å². The average molecular weight is 348 g/mol. The molecule has 0 heterocycles. The minimum Gasteiger partial charge on any atom is -0.489 e. The molecule has 0 fully saturated rings. The fourth-order valence-electron chi connectivity index (χ4n) is 2.49. The van der Waals surface area contributed by atoms with E-state index in [-0.39, 0.29) is 0 Å². The molecule has 0 radical (unpaired) electrons. The lowest BCUT2D eigenvalue weighted by atomic mass is 10.1. The summed E-state index contributed by atoms with van der Waals surface area (Å²) in [5, 5.41) is 8.95. The van der Waals surface area contributed by atoms with Crippen LogP contribution in [0.4, 0.5) is 0 Å². The lowest BCUT2D eigenvalue weighted by Gasteiger charge is -2.12. The average Bonchev–Trinajstić information content (AvgIpc) is 2.68. The van der Waals surface area contributed by atoms with E-state index in [1.54, 1.807) is 6.07 Å². The molecule has 4 nitrogen and oxygen atoms in total. The van der Waals surface area contributed by atoms with Gasteiger partial charge in [-0.05, 0) is 47.9 Å². The lowest BCUT2D eigenvalue weighted by molar-refractivity contribution is -0.144. The summed E-state index contributed by atoms with van der Waals surface area (Å²) >= 11 is 0. The number of carbonyl (C=O) groups is 1. The zero-order valence-corrected chi connectivity index (χ0v) is 14.5. The highest BCUT2D eigenvalue weighted by atomic mass is 16.5. The Morgan fingerprint density at radius 1 is 0.885 bits per heavy atom. The van der Waals surface area contributed by atoms with E-state index in [9.17, 15) is 4.79 Å². The Morgan fingerprint density at radius 3 is 2.31 bits per heavy atom. The first-order valence-corrected chi connectivity index (χ1v) is 8.38. The van der Waals surface area contributed by atoms with Crippen LogP contribution in [0.5, 0.6) is 11.5 Å². The first-order chi connectivity index (χ1) is 12.6. The van der Waals surface area contributed by atoms with Gasteiger partial charge in [0.1, 0.15) is 18.1 Å². The number of benzene rings is 3. The highest BCUT2D eigenvalue weighted by Gasteiger charge is 2.12. The minimum absolute atomic E-state index is 0.524. The second kappa shape index (κ2) is 8.21. The van der Waals surface area contributed by atoms with Crippen molar-refractivity contribution < 1.29 is 19.4 Å². The van der Waals surface area contributed by atoms with Crippen LogP contribution >= 0.6 is 0 Å². The second-order valence-electron chi connectivity index (χ2n) is 5.92. The third-order valence-corrected chi connectivity index (χ3v) is 3.93. The van der Waals surface area contributed by atoms with Crippen molar-refractivity contribution in [2.75, 3.05) is 0 Å². The highest BCUT2D eigenvalue weighted by Crippen LogP contribution is 2.26. The molecular weight excluding hydrogens is 328 g/mol. The molecule has 1 N–H and O–H groups in total. The SMILES string of the molecule is CC(Oc1cccc(-c2ccc(OCc3ccccc3)cc2)c1)C(=O)O. The third kappa shape index (κ3) is 4.63. The van der Waals surface area contributed by atoms with Gasteiger partial charge in [0.15, 0.2) is 6.10 Å². The topological polar surface area (TPSA) is 55.8 Å². The molecule has 132 valence electrons. The summed E-state index contributed by atoms with van der Waals surface area (Å²) in [7, 11) is 0. The van der Waals surface area contributed by atoms with Gasteiger partial charge >= 0.3 is 5.97 Å². The van der Waals surface area contributed by atoms with Gasteiger partial charge in [-0.1, -0.05) is 54.6 Å². The van der Waals surface area contributed by atoms with Crippen molar-refractivity contribution in [2.24, 2.45) is 0 Å². The van der Waals surface area contributed by atoms with Crippen molar-refractivity contribution in [1.82, 2.24) is 0 Å². The monoisotopic (exact) mass is 348 g/mol. The van der Waals surface area contributed by atoms with Crippen LogP contribution in [0.25, 0.3) is 11.1 Å². The molecule has 3 rings (SSSR count). The van der Waals surface area contributed by atoms with Crippen molar-refractivity contribution in [2.45, 2.75) is 19.6 Å². The van der Waals surface area contributed by atoms with Crippen molar-refractivity contribution in [3.8, 4) is 22.6 Å². The normalized spacial score (nSPS) is 11.6. The number of rotatable bonds is 7. The molecule has 0 aliphatic heterocycles. The van der Waals surface area contributed by atoms with E-state index in [0.29, 0.717) is 12.4 Å². The Bertz CT molecular complexity index is 857. The first kappa shape index (κ1) is 17.5.